The van der Waals surface area contributed by atoms with E-state index >= 15 is 0 Å². The van der Waals surface area contributed by atoms with Crippen LogP contribution >= 0.6 is 0 Å². The van der Waals surface area contributed by atoms with Crippen molar-refractivity contribution in [3.63, 3.8) is 0 Å². The van der Waals surface area contributed by atoms with Gasteiger partial charge in [-0.05, 0) is 19.3 Å². The van der Waals surface area contributed by atoms with Crippen molar-refractivity contribution in [3.8, 4) is 0 Å². The van der Waals surface area contributed by atoms with Crippen molar-refractivity contribution in [1.82, 2.24) is 15.5 Å². The number of ether oxygens (including phenoxy) is 1. The number of carbonyl (C=O) groups excluding carboxylic acids is 2. The van der Waals surface area contributed by atoms with Crippen molar-refractivity contribution >= 4 is 11.8 Å². The Morgan fingerprint density at radius 3 is 3.00 bits per heavy atom. The molecule has 2 heterocycles. The third-order valence-electron chi connectivity index (χ3n) is 4.11. The van der Waals surface area contributed by atoms with Crippen LogP contribution in [0.3, 0.4) is 0 Å². The highest BCUT2D eigenvalue weighted by Crippen LogP contribution is 2.18. The van der Waals surface area contributed by atoms with Crippen LogP contribution in [0.2, 0.25) is 0 Å². The summed E-state index contributed by atoms with van der Waals surface area (Å²) in [5, 5.41) is 6.23. The third kappa shape index (κ3) is 4.97. The smallest absolute Gasteiger partial charge is 0.224 e. The summed E-state index contributed by atoms with van der Waals surface area (Å²) in [6.07, 6.45) is 3.19. The fourth-order valence-corrected chi connectivity index (χ4v) is 2.90. The number of nitrogens with zero attached hydrogens (tertiary/aromatic N) is 1. The molecule has 0 saturated carbocycles. The molecule has 2 saturated heterocycles. The number of amides is 2. The molecule has 6 heteroatoms. The summed E-state index contributed by atoms with van der Waals surface area (Å²) in [6, 6.07) is 0.112. The average Bonchev–Trinajstić information content (AvgIpc) is 2.53. The van der Waals surface area contributed by atoms with Gasteiger partial charge in [-0.2, -0.15) is 0 Å². The lowest BCUT2D eigenvalue weighted by molar-refractivity contribution is -0.136. The molecular formula is C15H27N3O3. The van der Waals surface area contributed by atoms with Crippen LogP contribution in [-0.4, -0.2) is 62.1 Å². The molecule has 0 aromatic carbocycles. The van der Waals surface area contributed by atoms with Gasteiger partial charge in [-0.1, -0.05) is 6.92 Å². The lowest BCUT2D eigenvalue weighted by Gasteiger charge is -2.33. The Balaban J connectivity index is 1.79. The molecular weight excluding hydrogens is 270 g/mol. The molecule has 6 nitrogen and oxygen atoms in total. The van der Waals surface area contributed by atoms with Crippen LogP contribution in [-0.2, 0) is 14.3 Å². The van der Waals surface area contributed by atoms with Crippen molar-refractivity contribution < 1.29 is 14.3 Å². The summed E-state index contributed by atoms with van der Waals surface area (Å²) in [7, 11) is 0. The van der Waals surface area contributed by atoms with E-state index in [9.17, 15) is 9.59 Å². The molecule has 2 fully saturated rings. The summed E-state index contributed by atoms with van der Waals surface area (Å²) in [4.78, 5) is 26.2. The lowest BCUT2D eigenvalue weighted by Crippen LogP contribution is -2.49. The highest BCUT2D eigenvalue weighted by Gasteiger charge is 2.29. The van der Waals surface area contributed by atoms with Crippen molar-refractivity contribution in [1.29, 1.82) is 0 Å². The Labute approximate surface area is 126 Å². The molecule has 2 rings (SSSR count). The molecule has 0 aromatic rings. The standard InChI is InChI=1S/C15H27N3O3/c1-2-5-17-15(20)12-4-3-7-18(10-12)14(19)9-13-11-21-8-6-16-13/h12-13,16H,2-11H2,1H3,(H,17,20). The minimum Gasteiger partial charge on any atom is -0.378 e. The maximum Gasteiger partial charge on any atom is 0.224 e. The van der Waals surface area contributed by atoms with Crippen molar-refractivity contribution in [2.45, 2.75) is 38.6 Å². The molecule has 120 valence electrons. The number of hydrogen-bond acceptors (Lipinski definition) is 4. The number of likely N-dealkylation sites (tertiary alicyclic amines) is 1. The fourth-order valence-electron chi connectivity index (χ4n) is 2.90. The first-order chi connectivity index (χ1) is 10.2. The Hall–Kier alpha value is -1.14. The van der Waals surface area contributed by atoms with Crippen LogP contribution in [0.15, 0.2) is 0 Å². The number of nitrogens with one attached hydrogen (secondary N) is 2. The van der Waals surface area contributed by atoms with Gasteiger partial charge in [-0.15, -0.1) is 0 Å². The molecule has 0 radical (unpaired) electrons. The van der Waals surface area contributed by atoms with Crippen molar-refractivity contribution in [2.75, 3.05) is 39.4 Å². The van der Waals surface area contributed by atoms with E-state index in [2.05, 4.69) is 10.6 Å². The van der Waals surface area contributed by atoms with E-state index in [0.717, 1.165) is 32.4 Å². The zero-order valence-electron chi connectivity index (χ0n) is 12.9. The number of hydrogen-bond donors (Lipinski definition) is 2. The van der Waals surface area contributed by atoms with Crippen LogP contribution in [0.25, 0.3) is 0 Å². The first-order valence-electron chi connectivity index (χ1n) is 8.07. The topological polar surface area (TPSA) is 70.7 Å². The minimum atomic E-state index is -0.0511. The molecule has 2 N–H and O–H groups in total. The van der Waals surface area contributed by atoms with Crippen LogP contribution in [0.4, 0.5) is 0 Å². The molecule has 21 heavy (non-hydrogen) atoms. The van der Waals surface area contributed by atoms with Crippen LogP contribution < -0.4 is 10.6 Å². The monoisotopic (exact) mass is 297 g/mol. The summed E-state index contributed by atoms with van der Waals surface area (Å²) < 4.78 is 5.38. The summed E-state index contributed by atoms with van der Waals surface area (Å²) in [6.45, 7) is 6.20. The molecule has 0 aliphatic carbocycles. The van der Waals surface area contributed by atoms with E-state index in [1.165, 1.54) is 0 Å². The van der Waals surface area contributed by atoms with E-state index in [1.54, 1.807) is 0 Å². The van der Waals surface area contributed by atoms with Crippen LogP contribution in [0, 0.1) is 5.92 Å². The maximum atomic E-state index is 12.3. The van der Waals surface area contributed by atoms with Gasteiger partial charge in [-0.3, -0.25) is 9.59 Å². The molecule has 2 aliphatic rings. The zero-order chi connectivity index (χ0) is 15.1. The van der Waals surface area contributed by atoms with Gasteiger partial charge >= 0.3 is 0 Å². The van der Waals surface area contributed by atoms with E-state index in [1.807, 2.05) is 11.8 Å². The number of rotatable bonds is 5. The first kappa shape index (κ1) is 16.2. The summed E-state index contributed by atoms with van der Waals surface area (Å²) in [5.41, 5.74) is 0. The predicted octanol–water partition coefficient (Wildman–Crippen LogP) is 0.130. The first-order valence-corrected chi connectivity index (χ1v) is 8.07. The van der Waals surface area contributed by atoms with Gasteiger partial charge in [0.2, 0.25) is 11.8 Å². The Morgan fingerprint density at radius 1 is 1.43 bits per heavy atom. The Bertz CT molecular complexity index is 356. The molecule has 0 bridgehead atoms. The van der Waals surface area contributed by atoms with Gasteiger partial charge in [0, 0.05) is 38.6 Å². The van der Waals surface area contributed by atoms with Crippen molar-refractivity contribution in [2.24, 2.45) is 5.92 Å². The predicted molar refractivity (Wildman–Crippen MR) is 79.8 cm³/mol. The summed E-state index contributed by atoms with van der Waals surface area (Å²) >= 11 is 0. The van der Waals surface area contributed by atoms with Crippen LogP contribution in [0.1, 0.15) is 32.6 Å². The fraction of sp³-hybridized carbons (Fsp3) is 0.867. The molecule has 2 aliphatic heterocycles. The number of carbonyl (C=O) groups is 2. The Kier molecular flexibility index (Phi) is 6.45. The molecule has 2 atom stereocenters. The van der Waals surface area contributed by atoms with Gasteiger partial charge in [0.05, 0.1) is 19.1 Å². The largest absolute Gasteiger partial charge is 0.378 e. The number of morpholine rings is 1. The molecule has 2 unspecified atom stereocenters. The zero-order valence-corrected chi connectivity index (χ0v) is 12.9. The van der Waals surface area contributed by atoms with Crippen molar-refractivity contribution in [3.05, 3.63) is 0 Å². The normalized spacial score (nSPS) is 26.4. The van der Waals surface area contributed by atoms with Gasteiger partial charge in [0.1, 0.15) is 0 Å². The number of piperidine rings is 1. The van der Waals surface area contributed by atoms with E-state index in [4.69, 9.17) is 4.74 Å². The van der Waals surface area contributed by atoms with E-state index < -0.39 is 0 Å². The second-order valence-electron chi connectivity index (χ2n) is 5.90. The highest BCUT2D eigenvalue weighted by atomic mass is 16.5. The van der Waals surface area contributed by atoms with E-state index in [0.29, 0.717) is 32.7 Å². The Morgan fingerprint density at radius 2 is 2.29 bits per heavy atom. The van der Waals surface area contributed by atoms with Gasteiger partial charge in [-0.25, -0.2) is 0 Å². The minimum absolute atomic E-state index is 0.0511. The second-order valence-corrected chi connectivity index (χ2v) is 5.90. The van der Waals surface area contributed by atoms with Crippen LogP contribution in [0.5, 0.6) is 0 Å². The molecule has 2 amide bonds. The molecule has 0 spiro atoms. The maximum absolute atomic E-state index is 12.3. The second kappa shape index (κ2) is 8.34. The van der Waals surface area contributed by atoms with Gasteiger partial charge in [0.25, 0.3) is 0 Å². The highest BCUT2D eigenvalue weighted by molar-refractivity contribution is 5.81. The third-order valence-corrected chi connectivity index (χ3v) is 4.11. The van der Waals surface area contributed by atoms with Gasteiger partial charge < -0.3 is 20.3 Å². The van der Waals surface area contributed by atoms with E-state index in [-0.39, 0.29) is 23.8 Å². The lowest BCUT2D eigenvalue weighted by atomic mass is 9.96. The average molecular weight is 297 g/mol. The summed E-state index contributed by atoms with van der Waals surface area (Å²) in [5.74, 6) is 0.171. The SMILES string of the molecule is CCCNC(=O)C1CCCN(C(=O)CC2COCCN2)C1. The quantitative estimate of drug-likeness (QED) is 0.757. The van der Waals surface area contributed by atoms with Gasteiger partial charge in [0.15, 0.2) is 0 Å². The molecule has 0 aromatic heterocycles.